The third-order valence-electron chi connectivity index (χ3n) is 9.72. The Hall–Kier alpha value is -6.58. The largest absolute Gasteiger partial charge is 0.292 e. The van der Waals surface area contributed by atoms with Crippen molar-refractivity contribution >= 4 is 21.8 Å². The summed E-state index contributed by atoms with van der Waals surface area (Å²) >= 11 is 0. The molecule has 1 aliphatic rings. The first-order chi connectivity index (χ1) is 24.3. The smallest absolute Gasteiger partial charge is 0.145 e. The molecule has 7 aromatic carbocycles. The molecule has 3 nitrogen and oxygen atoms in total. The maximum atomic E-state index is 5.66. The van der Waals surface area contributed by atoms with Gasteiger partial charge in [0.1, 0.15) is 5.82 Å². The molecule has 228 valence electrons. The second-order valence-corrected chi connectivity index (χ2v) is 12.6. The molecule has 2 heterocycles. The van der Waals surface area contributed by atoms with Crippen molar-refractivity contribution in [2.45, 2.75) is 0 Å². The van der Waals surface area contributed by atoms with Crippen LogP contribution >= 0.6 is 0 Å². The Morgan fingerprint density at radius 1 is 0.388 bits per heavy atom. The molecular weight excluding hydrogens is 595 g/mol. The van der Waals surface area contributed by atoms with Crippen LogP contribution in [0.3, 0.4) is 0 Å². The number of benzene rings is 7. The molecule has 0 saturated heterocycles. The lowest BCUT2D eigenvalue weighted by Crippen LogP contribution is -2.00. The number of hydrogen-bond donors (Lipinski definition) is 0. The Balaban J connectivity index is 1.29. The summed E-state index contributed by atoms with van der Waals surface area (Å²) in [5, 5.41) is 2.53. The van der Waals surface area contributed by atoms with Crippen LogP contribution in [0.1, 0.15) is 0 Å². The number of imidazole rings is 1. The first kappa shape index (κ1) is 27.5. The van der Waals surface area contributed by atoms with Gasteiger partial charge in [0, 0.05) is 39.1 Å². The van der Waals surface area contributed by atoms with Gasteiger partial charge in [0.05, 0.1) is 22.4 Å². The van der Waals surface area contributed by atoms with Crippen LogP contribution in [-0.2, 0) is 0 Å². The van der Waals surface area contributed by atoms with Gasteiger partial charge in [-0.25, -0.2) is 9.97 Å². The van der Waals surface area contributed by atoms with Crippen LogP contribution in [0.25, 0.3) is 94.8 Å². The van der Waals surface area contributed by atoms with Crippen molar-refractivity contribution in [2.24, 2.45) is 0 Å². The van der Waals surface area contributed by atoms with Gasteiger partial charge >= 0.3 is 0 Å². The Bertz CT molecular complexity index is 2690. The lowest BCUT2D eigenvalue weighted by molar-refractivity contribution is 1.10. The molecule has 0 fully saturated rings. The summed E-state index contributed by atoms with van der Waals surface area (Å²) in [6, 6.07) is 62.3. The van der Waals surface area contributed by atoms with E-state index in [4.69, 9.17) is 9.97 Å². The zero-order valence-corrected chi connectivity index (χ0v) is 26.6. The molecule has 0 aliphatic heterocycles. The van der Waals surface area contributed by atoms with Crippen LogP contribution in [-0.4, -0.2) is 14.5 Å². The van der Waals surface area contributed by atoms with Crippen LogP contribution in [0, 0.1) is 0 Å². The predicted molar refractivity (Wildman–Crippen MR) is 203 cm³/mol. The Morgan fingerprint density at radius 2 is 0.959 bits per heavy atom. The summed E-state index contributed by atoms with van der Waals surface area (Å²) in [6.45, 7) is 0. The van der Waals surface area contributed by atoms with Crippen LogP contribution in [0.2, 0.25) is 0 Å². The van der Waals surface area contributed by atoms with Crippen LogP contribution < -0.4 is 0 Å². The number of rotatable bonds is 5. The van der Waals surface area contributed by atoms with Gasteiger partial charge in [-0.05, 0) is 57.8 Å². The van der Waals surface area contributed by atoms with Crippen molar-refractivity contribution in [1.29, 1.82) is 0 Å². The zero-order chi connectivity index (χ0) is 32.3. The van der Waals surface area contributed by atoms with Crippen molar-refractivity contribution < 1.29 is 0 Å². The highest BCUT2D eigenvalue weighted by Crippen LogP contribution is 2.56. The summed E-state index contributed by atoms with van der Waals surface area (Å²) in [6.07, 6.45) is 0. The van der Waals surface area contributed by atoms with Gasteiger partial charge in [-0.3, -0.25) is 4.57 Å². The number of hydrogen-bond acceptors (Lipinski definition) is 2. The van der Waals surface area contributed by atoms with E-state index in [1.54, 1.807) is 0 Å². The number of aromatic nitrogens is 3. The molecule has 0 spiro atoms. The van der Waals surface area contributed by atoms with Crippen molar-refractivity contribution in [1.82, 2.24) is 14.5 Å². The Morgan fingerprint density at radius 3 is 1.71 bits per heavy atom. The molecule has 3 heteroatoms. The topological polar surface area (TPSA) is 30.7 Å². The average molecular weight is 624 g/mol. The maximum Gasteiger partial charge on any atom is 0.145 e. The highest BCUT2D eigenvalue weighted by molar-refractivity contribution is 6.21. The van der Waals surface area contributed by atoms with E-state index in [1.807, 2.05) is 0 Å². The highest BCUT2D eigenvalue weighted by atomic mass is 15.1. The van der Waals surface area contributed by atoms with Crippen molar-refractivity contribution in [3.05, 3.63) is 176 Å². The highest BCUT2D eigenvalue weighted by Gasteiger charge is 2.31. The molecule has 0 N–H and O–H groups in total. The maximum absolute atomic E-state index is 5.66. The van der Waals surface area contributed by atoms with Crippen LogP contribution in [0.4, 0.5) is 0 Å². The third-order valence-corrected chi connectivity index (χ3v) is 9.72. The molecule has 2 aromatic heterocycles. The molecule has 0 unspecified atom stereocenters. The monoisotopic (exact) mass is 623 g/mol. The summed E-state index contributed by atoms with van der Waals surface area (Å²) in [4.78, 5) is 10.9. The lowest BCUT2D eigenvalue weighted by Gasteiger charge is -2.20. The fraction of sp³-hybridized carbons (Fsp3) is 0. The van der Waals surface area contributed by atoms with E-state index in [0.717, 1.165) is 61.8 Å². The zero-order valence-electron chi connectivity index (χ0n) is 26.6. The molecule has 9 aromatic rings. The molecule has 10 rings (SSSR count). The van der Waals surface area contributed by atoms with E-state index in [2.05, 4.69) is 180 Å². The molecule has 0 atom stereocenters. The van der Waals surface area contributed by atoms with E-state index in [-0.39, 0.29) is 0 Å². The SMILES string of the molecule is c1ccc(-c2nc(-c3cccc(-c4nc5ccccc5n4-c4ccccc4)c3)c(-c3ccccc3)c3c2-c2cccc4cccc-3c24)cc1. The molecule has 0 amide bonds. The molecule has 0 bridgehead atoms. The number of para-hydroxylation sites is 3. The minimum Gasteiger partial charge on any atom is -0.292 e. The van der Waals surface area contributed by atoms with Gasteiger partial charge in [-0.1, -0.05) is 146 Å². The second-order valence-electron chi connectivity index (χ2n) is 12.6. The van der Waals surface area contributed by atoms with Gasteiger partial charge < -0.3 is 0 Å². The summed E-state index contributed by atoms with van der Waals surface area (Å²) in [5.74, 6) is 0.900. The van der Waals surface area contributed by atoms with Gasteiger partial charge in [0.25, 0.3) is 0 Å². The van der Waals surface area contributed by atoms with Crippen molar-refractivity contribution in [2.75, 3.05) is 0 Å². The van der Waals surface area contributed by atoms with Gasteiger partial charge in [-0.15, -0.1) is 0 Å². The van der Waals surface area contributed by atoms with Crippen LogP contribution in [0.5, 0.6) is 0 Å². The molecule has 0 saturated carbocycles. The first-order valence-electron chi connectivity index (χ1n) is 16.7. The molecule has 1 aliphatic carbocycles. The van der Waals surface area contributed by atoms with E-state index in [9.17, 15) is 0 Å². The van der Waals surface area contributed by atoms with Crippen molar-refractivity contribution in [3.63, 3.8) is 0 Å². The standard InChI is InChI=1S/C46H29N3/c1-4-15-31(16-5-1)41-42-36-25-13-19-30-20-14-26-37(40(30)36)43(42)44(32-17-6-2-7-18-32)48-45(41)33-21-12-22-34(29-33)46-47-38-27-10-11-28-39(38)49(46)35-23-8-3-9-24-35/h1-29H. The number of nitrogens with zero attached hydrogens (tertiary/aromatic N) is 3. The molecule has 49 heavy (non-hydrogen) atoms. The summed E-state index contributed by atoms with van der Waals surface area (Å²) in [5.41, 5.74) is 15.5. The fourth-order valence-corrected chi connectivity index (χ4v) is 7.64. The Labute approximate surface area is 284 Å². The van der Waals surface area contributed by atoms with Crippen LogP contribution in [0.15, 0.2) is 176 Å². The lowest BCUT2D eigenvalue weighted by atomic mass is 9.87. The van der Waals surface area contributed by atoms with E-state index >= 15 is 0 Å². The first-order valence-corrected chi connectivity index (χ1v) is 16.7. The van der Waals surface area contributed by atoms with E-state index in [0.29, 0.717) is 0 Å². The Kier molecular flexibility index (Phi) is 6.18. The van der Waals surface area contributed by atoms with Gasteiger partial charge in [0.15, 0.2) is 0 Å². The normalized spacial score (nSPS) is 11.7. The predicted octanol–water partition coefficient (Wildman–Crippen LogP) is 11.9. The quantitative estimate of drug-likeness (QED) is 0.191. The minimum atomic E-state index is 0.900. The van der Waals surface area contributed by atoms with E-state index in [1.165, 1.54) is 33.0 Å². The molecule has 0 radical (unpaired) electrons. The average Bonchev–Trinajstić information content (AvgIpc) is 3.73. The molecular formula is C46H29N3. The van der Waals surface area contributed by atoms with Gasteiger partial charge in [-0.2, -0.15) is 0 Å². The van der Waals surface area contributed by atoms with Crippen molar-refractivity contribution in [3.8, 4) is 73.0 Å². The number of fused-ring (bicyclic) bond motifs is 4. The summed E-state index contributed by atoms with van der Waals surface area (Å²) in [7, 11) is 0. The third kappa shape index (κ3) is 4.29. The number of pyridine rings is 1. The van der Waals surface area contributed by atoms with E-state index < -0.39 is 0 Å². The van der Waals surface area contributed by atoms with Gasteiger partial charge in [0.2, 0.25) is 0 Å². The summed E-state index contributed by atoms with van der Waals surface area (Å²) < 4.78 is 2.26. The minimum absolute atomic E-state index is 0.900. The fourth-order valence-electron chi connectivity index (χ4n) is 7.64. The second kappa shape index (κ2) is 11.0.